The molecule has 9 aromatic carbocycles. The molecule has 0 fully saturated rings. The summed E-state index contributed by atoms with van der Waals surface area (Å²) in [6.07, 6.45) is 1.72. The van der Waals surface area contributed by atoms with E-state index in [2.05, 4.69) is 223 Å². The highest BCUT2D eigenvalue weighted by atomic mass is 16.3. The van der Waals surface area contributed by atoms with E-state index in [4.69, 9.17) is 4.42 Å². The molecule has 1 spiro atoms. The van der Waals surface area contributed by atoms with Gasteiger partial charge in [0.15, 0.2) is 0 Å². The zero-order valence-corrected chi connectivity index (χ0v) is 33.4. The number of nitrogens with zero attached hydrogens (tertiary/aromatic N) is 1. The maximum atomic E-state index is 5.73. The van der Waals surface area contributed by atoms with E-state index in [1.807, 2.05) is 12.1 Å². The van der Waals surface area contributed by atoms with Crippen molar-refractivity contribution < 1.29 is 4.42 Å². The summed E-state index contributed by atoms with van der Waals surface area (Å²) >= 11 is 0. The maximum absolute atomic E-state index is 5.73. The molecule has 0 radical (unpaired) electrons. The highest BCUT2D eigenvalue weighted by Crippen LogP contribution is 2.62. The minimum absolute atomic E-state index is 0.523. The third kappa shape index (κ3) is 5.50. The van der Waals surface area contributed by atoms with Gasteiger partial charge in [0, 0.05) is 22.6 Å². The van der Waals surface area contributed by atoms with E-state index in [1.54, 1.807) is 6.26 Å². The molecule has 0 N–H and O–H groups in total. The van der Waals surface area contributed by atoms with Crippen molar-refractivity contribution in [2.45, 2.75) is 5.41 Å². The van der Waals surface area contributed by atoms with Crippen molar-refractivity contribution in [1.82, 2.24) is 0 Å². The topological polar surface area (TPSA) is 16.4 Å². The van der Waals surface area contributed by atoms with Crippen LogP contribution < -0.4 is 4.90 Å². The van der Waals surface area contributed by atoms with Crippen molar-refractivity contribution in [3.05, 3.63) is 259 Å². The molecule has 1 aromatic heterocycles. The predicted molar refractivity (Wildman–Crippen MR) is 251 cm³/mol. The zero-order chi connectivity index (χ0) is 40.3. The first-order chi connectivity index (χ1) is 30.3. The smallest absolute Gasteiger partial charge is 0.133 e. The first kappa shape index (κ1) is 35.0. The van der Waals surface area contributed by atoms with E-state index >= 15 is 0 Å². The van der Waals surface area contributed by atoms with Gasteiger partial charge in [-0.1, -0.05) is 176 Å². The van der Waals surface area contributed by atoms with E-state index in [1.165, 1.54) is 66.8 Å². The summed E-state index contributed by atoms with van der Waals surface area (Å²) in [4.78, 5) is 2.40. The Labute approximate surface area is 356 Å². The quantitative estimate of drug-likeness (QED) is 0.167. The van der Waals surface area contributed by atoms with Crippen LogP contribution in [0, 0.1) is 0 Å². The summed E-state index contributed by atoms with van der Waals surface area (Å²) in [5, 5.41) is 0. The molecule has 10 aromatic rings. The van der Waals surface area contributed by atoms with Crippen LogP contribution in [-0.2, 0) is 5.41 Å². The molecule has 0 saturated heterocycles. The summed E-state index contributed by atoms with van der Waals surface area (Å²) in [7, 11) is 0. The van der Waals surface area contributed by atoms with Gasteiger partial charge in [0.05, 0.1) is 11.7 Å². The van der Waals surface area contributed by atoms with Crippen molar-refractivity contribution in [3.8, 4) is 67.0 Å². The molecule has 0 atom stereocenters. The van der Waals surface area contributed by atoms with Gasteiger partial charge in [-0.25, -0.2) is 0 Å². The third-order valence-corrected chi connectivity index (χ3v) is 12.8. The summed E-state index contributed by atoms with van der Waals surface area (Å²) < 4.78 is 5.73. The molecule has 0 bridgehead atoms. The Morgan fingerprint density at radius 3 is 1.30 bits per heavy atom. The van der Waals surface area contributed by atoms with Crippen LogP contribution in [-0.4, -0.2) is 0 Å². The Bertz CT molecular complexity index is 3170. The number of rotatable bonds is 6. The lowest BCUT2D eigenvalue weighted by molar-refractivity contribution is 0.582. The van der Waals surface area contributed by atoms with Crippen molar-refractivity contribution in [2.75, 3.05) is 4.90 Å². The number of fused-ring (bicyclic) bond motifs is 12. The van der Waals surface area contributed by atoms with Crippen LogP contribution >= 0.6 is 0 Å². The molecule has 0 saturated carbocycles. The fourth-order valence-corrected chi connectivity index (χ4v) is 10.2. The van der Waals surface area contributed by atoms with Crippen LogP contribution in [0.25, 0.3) is 67.0 Å². The van der Waals surface area contributed by atoms with Gasteiger partial charge in [0.1, 0.15) is 5.76 Å². The molecule has 286 valence electrons. The highest BCUT2D eigenvalue weighted by Gasteiger charge is 2.49. The van der Waals surface area contributed by atoms with E-state index in [-0.39, 0.29) is 0 Å². The van der Waals surface area contributed by atoms with Crippen LogP contribution in [0.1, 0.15) is 22.3 Å². The number of hydrogen-bond acceptors (Lipinski definition) is 2. The Morgan fingerprint density at radius 2 is 0.721 bits per heavy atom. The fourth-order valence-electron chi connectivity index (χ4n) is 10.2. The molecule has 12 rings (SSSR count). The molecule has 2 aliphatic carbocycles. The van der Waals surface area contributed by atoms with Gasteiger partial charge in [-0.05, 0) is 132 Å². The molecule has 0 unspecified atom stereocenters. The highest BCUT2D eigenvalue weighted by molar-refractivity contribution is 5.98. The Hall–Kier alpha value is -7.94. The lowest BCUT2D eigenvalue weighted by Gasteiger charge is -2.35. The minimum Gasteiger partial charge on any atom is -0.464 e. The van der Waals surface area contributed by atoms with Gasteiger partial charge >= 0.3 is 0 Å². The average molecular weight is 778 g/mol. The molecule has 0 aliphatic heterocycles. The second kappa shape index (κ2) is 14.1. The molecular formula is C59H39NO. The number of hydrogen-bond donors (Lipinski definition) is 0. The van der Waals surface area contributed by atoms with Crippen molar-refractivity contribution >= 4 is 17.1 Å². The predicted octanol–water partition coefficient (Wildman–Crippen LogP) is 15.8. The molecule has 0 amide bonds. The van der Waals surface area contributed by atoms with Crippen LogP contribution in [0.5, 0.6) is 0 Å². The molecule has 2 aliphatic rings. The van der Waals surface area contributed by atoms with Crippen LogP contribution in [0.15, 0.2) is 241 Å². The van der Waals surface area contributed by atoms with Gasteiger partial charge in [-0.2, -0.15) is 0 Å². The lowest BCUT2D eigenvalue weighted by Crippen LogP contribution is -2.29. The maximum Gasteiger partial charge on any atom is 0.133 e. The molecule has 2 heteroatoms. The summed E-state index contributed by atoms with van der Waals surface area (Å²) in [5.41, 5.74) is 21.3. The monoisotopic (exact) mass is 777 g/mol. The number of anilines is 3. The second-order valence-electron chi connectivity index (χ2n) is 16.0. The van der Waals surface area contributed by atoms with Crippen LogP contribution in [0.3, 0.4) is 0 Å². The molecule has 2 nitrogen and oxygen atoms in total. The minimum atomic E-state index is -0.523. The van der Waals surface area contributed by atoms with Crippen molar-refractivity contribution in [1.29, 1.82) is 0 Å². The summed E-state index contributed by atoms with van der Waals surface area (Å²) in [5.74, 6) is 0.865. The Kier molecular flexibility index (Phi) is 8.11. The largest absolute Gasteiger partial charge is 0.464 e. The fraction of sp³-hybridized carbons (Fsp3) is 0.0169. The zero-order valence-electron chi connectivity index (χ0n) is 33.4. The normalized spacial score (nSPS) is 12.7. The standard InChI is InChI=1S/C59H39NO/c1-2-14-40(15-3-1)41-27-31-45(32-28-41)60(46-33-29-42(30-34-46)43-16-12-17-44(38-43)58-26-13-37-61-58)47-35-36-57-53(39-47)52-22-8-11-25-56(52)59(57)54-23-9-6-20-50(54)48-18-4-5-19-49(48)51-21-7-10-24-55(51)59/h1-39H. The van der Waals surface area contributed by atoms with Crippen LogP contribution in [0.4, 0.5) is 17.1 Å². The van der Waals surface area contributed by atoms with E-state index < -0.39 is 5.41 Å². The third-order valence-electron chi connectivity index (χ3n) is 12.8. The van der Waals surface area contributed by atoms with E-state index in [0.29, 0.717) is 0 Å². The second-order valence-corrected chi connectivity index (χ2v) is 16.0. The van der Waals surface area contributed by atoms with Crippen molar-refractivity contribution in [2.24, 2.45) is 0 Å². The van der Waals surface area contributed by atoms with Crippen molar-refractivity contribution in [3.63, 3.8) is 0 Å². The van der Waals surface area contributed by atoms with Gasteiger partial charge in [-0.3, -0.25) is 0 Å². The van der Waals surface area contributed by atoms with Gasteiger partial charge < -0.3 is 9.32 Å². The molecule has 1 heterocycles. The van der Waals surface area contributed by atoms with E-state index in [0.717, 1.165) is 39.5 Å². The average Bonchev–Trinajstić information content (AvgIpc) is 3.96. The Morgan fingerprint density at radius 1 is 0.279 bits per heavy atom. The lowest BCUT2D eigenvalue weighted by atomic mass is 9.66. The van der Waals surface area contributed by atoms with E-state index in [9.17, 15) is 0 Å². The molecular weight excluding hydrogens is 739 g/mol. The van der Waals surface area contributed by atoms with Gasteiger partial charge in [0.25, 0.3) is 0 Å². The van der Waals surface area contributed by atoms with Crippen LogP contribution in [0.2, 0.25) is 0 Å². The number of furan rings is 1. The first-order valence-electron chi connectivity index (χ1n) is 21.0. The van der Waals surface area contributed by atoms with Gasteiger partial charge in [0.2, 0.25) is 0 Å². The number of benzene rings is 9. The SMILES string of the molecule is c1ccc(-c2ccc(N(c3ccc(-c4cccc(-c5ccco5)c4)cc3)c3ccc4c(c3)-c3ccccc3C43c4ccccc4-c4ccccc4-c4ccccc43)cc2)cc1. The van der Waals surface area contributed by atoms with Gasteiger partial charge in [-0.15, -0.1) is 0 Å². The summed E-state index contributed by atoms with van der Waals surface area (Å²) in [6, 6.07) is 84.4. The molecule has 61 heavy (non-hydrogen) atoms. The summed E-state index contributed by atoms with van der Waals surface area (Å²) in [6.45, 7) is 0. The first-order valence-corrected chi connectivity index (χ1v) is 21.0. The Balaban J connectivity index is 1.05.